The van der Waals surface area contributed by atoms with Gasteiger partial charge in [0.05, 0.1) is 5.41 Å². The lowest BCUT2D eigenvalue weighted by molar-refractivity contribution is -0.363. The monoisotopic (exact) mass is 424 g/mol. The Labute approximate surface area is 151 Å². The van der Waals surface area contributed by atoms with Crippen molar-refractivity contribution < 1.29 is 48.8 Å². The highest BCUT2D eigenvalue weighted by molar-refractivity contribution is 7.85. The molecule has 2 unspecified atom stereocenters. The predicted octanol–water partition coefficient (Wildman–Crippen LogP) is 3.81. The van der Waals surface area contributed by atoms with Gasteiger partial charge in [-0.25, -0.2) is 0 Å². The molecular formula is C15H18F6O5S. The molecule has 12 heteroatoms. The molecule has 0 spiro atoms. The average Bonchev–Trinajstić information content (AvgIpc) is 2.41. The van der Waals surface area contributed by atoms with E-state index < -0.39 is 45.2 Å². The van der Waals surface area contributed by atoms with Crippen molar-refractivity contribution in [2.45, 2.75) is 57.0 Å². The molecule has 2 rings (SSSR count). The highest BCUT2D eigenvalue weighted by Crippen LogP contribution is 2.52. The van der Waals surface area contributed by atoms with Crippen molar-refractivity contribution in [3.8, 4) is 0 Å². The van der Waals surface area contributed by atoms with Crippen molar-refractivity contribution in [2.75, 3.05) is 5.75 Å². The Kier molecular flexibility index (Phi) is 5.41. The van der Waals surface area contributed by atoms with E-state index >= 15 is 0 Å². The Balaban J connectivity index is 2.49. The van der Waals surface area contributed by atoms with E-state index in [9.17, 15) is 39.6 Å². The van der Waals surface area contributed by atoms with E-state index in [0.29, 0.717) is 12.8 Å². The maximum Gasteiger partial charge on any atom is 0.438 e. The molecule has 0 aromatic carbocycles. The zero-order chi connectivity index (χ0) is 20.9. The summed E-state index contributed by atoms with van der Waals surface area (Å²) < 4.78 is 115. The summed E-state index contributed by atoms with van der Waals surface area (Å²) in [6.07, 6.45) is -9.83. The van der Waals surface area contributed by atoms with E-state index in [1.165, 1.54) is 0 Å². The maximum absolute atomic E-state index is 13.3. The summed E-state index contributed by atoms with van der Waals surface area (Å²) in [6.45, 7) is 1.67. The van der Waals surface area contributed by atoms with Crippen LogP contribution in [-0.4, -0.2) is 42.6 Å². The molecule has 0 aliphatic heterocycles. The third-order valence-electron chi connectivity index (χ3n) is 4.95. The average molecular weight is 424 g/mol. The number of rotatable bonds is 4. The van der Waals surface area contributed by atoms with Gasteiger partial charge in [0, 0.05) is 0 Å². The van der Waals surface area contributed by atoms with Crippen molar-refractivity contribution in [2.24, 2.45) is 11.3 Å². The summed E-state index contributed by atoms with van der Waals surface area (Å²) >= 11 is 0. The molecule has 1 N–H and O–H groups in total. The van der Waals surface area contributed by atoms with Gasteiger partial charge in [-0.1, -0.05) is 18.6 Å². The third kappa shape index (κ3) is 4.25. The summed E-state index contributed by atoms with van der Waals surface area (Å²) in [5.74, 6) is -4.86. The first-order chi connectivity index (χ1) is 12.0. The van der Waals surface area contributed by atoms with Crippen molar-refractivity contribution in [3.05, 3.63) is 11.6 Å². The van der Waals surface area contributed by atoms with Crippen LogP contribution in [0.25, 0.3) is 0 Å². The van der Waals surface area contributed by atoms with E-state index in [1.807, 2.05) is 6.08 Å². The maximum atomic E-state index is 13.3. The number of esters is 1. The van der Waals surface area contributed by atoms with Gasteiger partial charge in [-0.2, -0.15) is 34.8 Å². The molecule has 2 bridgehead atoms. The summed E-state index contributed by atoms with van der Waals surface area (Å²) in [5, 5.41) is 0. The normalized spacial score (nSPS) is 27.1. The van der Waals surface area contributed by atoms with Gasteiger partial charge in [-0.05, 0) is 38.0 Å². The molecule has 0 amide bonds. The summed E-state index contributed by atoms with van der Waals surface area (Å²) in [4.78, 5) is 12.5. The van der Waals surface area contributed by atoms with E-state index in [4.69, 9.17) is 4.55 Å². The van der Waals surface area contributed by atoms with Gasteiger partial charge in [0.1, 0.15) is 5.75 Å². The summed E-state index contributed by atoms with van der Waals surface area (Å²) in [5.41, 5.74) is -6.18. The predicted molar refractivity (Wildman–Crippen MR) is 80.1 cm³/mol. The molecule has 0 aromatic heterocycles. The second kappa shape index (κ2) is 6.64. The molecule has 1 saturated carbocycles. The minimum absolute atomic E-state index is 0.00694. The van der Waals surface area contributed by atoms with Gasteiger partial charge >= 0.3 is 23.9 Å². The van der Waals surface area contributed by atoms with Crippen molar-refractivity contribution in [3.63, 3.8) is 0 Å². The van der Waals surface area contributed by atoms with Crippen LogP contribution < -0.4 is 0 Å². The Morgan fingerprint density at radius 1 is 1.26 bits per heavy atom. The number of halogens is 6. The van der Waals surface area contributed by atoms with Crippen LogP contribution in [0.4, 0.5) is 26.3 Å². The highest BCUT2D eigenvalue weighted by Gasteiger charge is 2.76. The van der Waals surface area contributed by atoms with Gasteiger partial charge in [0.25, 0.3) is 10.1 Å². The van der Waals surface area contributed by atoms with Crippen LogP contribution in [-0.2, 0) is 19.6 Å². The minimum atomic E-state index is -6.30. The molecule has 5 nitrogen and oxygen atoms in total. The highest BCUT2D eigenvalue weighted by atomic mass is 32.2. The first kappa shape index (κ1) is 22.0. The fourth-order valence-corrected chi connectivity index (χ4v) is 4.81. The minimum Gasteiger partial charge on any atom is -0.438 e. The molecular weight excluding hydrogens is 406 g/mol. The van der Waals surface area contributed by atoms with Crippen LogP contribution in [0, 0.1) is 11.3 Å². The second-order valence-corrected chi connectivity index (χ2v) is 8.71. The lowest BCUT2D eigenvalue weighted by atomic mass is 9.63. The summed E-state index contributed by atoms with van der Waals surface area (Å²) in [7, 11) is -5.79. The molecule has 2 aliphatic carbocycles. The number of hydrogen-bond acceptors (Lipinski definition) is 4. The van der Waals surface area contributed by atoms with Crippen LogP contribution in [0.15, 0.2) is 11.6 Å². The van der Waals surface area contributed by atoms with Crippen molar-refractivity contribution in [1.29, 1.82) is 0 Å². The van der Waals surface area contributed by atoms with Gasteiger partial charge in [-0.15, -0.1) is 0 Å². The molecule has 156 valence electrons. The smallest absolute Gasteiger partial charge is 0.438 e. The van der Waals surface area contributed by atoms with Gasteiger partial charge < -0.3 is 4.74 Å². The topological polar surface area (TPSA) is 80.7 Å². The van der Waals surface area contributed by atoms with Gasteiger partial charge in [0.15, 0.2) is 0 Å². The Bertz CT molecular complexity index is 725. The standard InChI is InChI=1S/C15H18F6O5S/c1-9-5-10-3-2-4-12(6-9,7-10)11(22)26-13(14(16,17)18,15(19,20)21)8-27(23,24)25/h5,9H,2-4,6-8H2,1H3,(H,23,24,25). The SMILES string of the molecule is CC1C=C2CCCC(C(=O)OC(CS(=O)(=O)O)(C(F)(F)F)C(F)(F)F)(C2)C1. The van der Waals surface area contributed by atoms with Crippen molar-refractivity contribution >= 4 is 16.1 Å². The van der Waals surface area contributed by atoms with Crippen LogP contribution in [0.1, 0.15) is 39.0 Å². The fraction of sp³-hybridized carbons (Fsp3) is 0.800. The van der Waals surface area contributed by atoms with E-state index in [2.05, 4.69) is 4.74 Å². The Morgan fingerprint density at radius 3 is 2.30 bits per heavy atom. The number of ether oxygens (including phenoxy) is 1. The molecule has 0 heterocycles. The van der Waals surface area contributed by atoms with Gasteiger partial charge in [-0.3, -0.25) is 9.35 Å². The van der Waals surface area contributed by atoms with Crippen LogP contribution in [0.3, 0.4) is 0 Å². The van der Waals surface area contributed by atoms with Crippen LogP contribution in [0.5, 0.6) is 0 Å². The quantitative estimate of drug-likeness (QED) is 0.321. The largest absolute Gasteiger partial charge is 0.438 e. The van der Waals surface area contributed by atoms with Crippen molar-refractivity contribution in [1.82, 2.24) is 0 Å². The van der Waals surface area contributed by atoms with E-state index in [1.54, 1.807) is 6.92 Å². The Morgan fingerprint density at radius 2 is 1.81 bits per heavy atom. The fourth-order valence-electron chi connectivity index (χ4n) is 3.91. The lowest BCUT2D eigenvalue weighted by Crippen LogP contribution is -2.64. The number of hydrogen-bond donors (Lipinski definition) is 1. The van der Waals surface area contributed by atoms with Crippen LogP contribution >= 0.6 is 0 Å². The molecule has 2 aliphatic rings. The first-order valence-electron chi connectivity index (χ1n) is 8.03. The number of allylic oxidation sites excluding steroid dienone is 2. The third-order valence-corrected chi connectivity index (χ3v) is 5.72. The first-order valence-corrected chi connectivity index (χ1v) is 9.64. The zero-order valence-corrected chi connectivity index (χ0v) is 15.0. The number of carbonyl (C=O) groups is 1. The molecule has 1 fully saturated rings. The molecule has 27 heavy (non-hydrogen) atoms. The number of carbonyl (C=O) groups excluding carboxylic acids is 1. The number of fused-ring (bicyclic) bond motifs is 2. The lowest BCUT2D eigenvalue weighted by Gasteiger charge is -2.44. The second-order valence-electron chi connectivity index (χ2n) is 7.26. The Hall–Kier alpha value is -1.30. The van der Waals surface area contributed by atoms with Crippen LogP contribution in [0.2, 0.25) is 0 Å². The summed E-state index contributed by atoms with van der Waals surface area (Å²) in [6, 6.07) is 0. The zero-order valence-electron chi connectivity index (χ0n) is 14.2. The molecule has 0 saturated heterocycles. The number of alkyl halides is 6. The van der Waals surface area contributed by atoms with Gasteiger partial charge in [0.2, 0.25) is 0 Å². The van der Waals surface area contributed by atoms with E-state index in [0.717, 1.165) is 5.57 Å². The molecule has 0 aromatic rings. The van der Waals surface area contributed by atoms with E-state index in [-0.39, 0.29) is 25.2 Å². The molecule has 0 radical (unpaired) electrons. The molecule has 2 atom stereocenters.